The molecule has 0 bridgehead atoms. The second-order valence-electron chi connectivity index (χ2n) is 4.71. The minimum atomic E-state index is -1.03. The van der Waals surface area contributed by atoms with Crippen LogP contribution in [0, 0.1) is 0 Å². The van der Waals surface area contributed by atoms with E-state index in [1.807, 2.05) is 0 Å². The highest BCUT2D eigenvalue weighted by atomic mass is 79.9. The van der Waals surface area contributed by atoms with E-state index in [2.05, 4.69) is 21.2 Å². The van der Waals surface area contributed by atoms with Crippen molar-refractivity contribution in [1.29, 1.82) is 0 Å². The molecule has 0 heterocycles. The van der Waals surface area contributed by atoms with Gasteiger partial charge in [0.05, 0.1) is 0 Å². The fraction of sp³-hybridized carbons (Fsp3) is 0.125. The van der Waals surface area contributed by atoms with Crippen LogP contribution in [0.3, 0.4) is 0 Å². The molecule has 1 amide bonds. The second-order valence-corrected chi connectivity index (χ2v) is 6.06. The quantitative estimate of drug-likeness (QED) is 0.764. The summed E-state index contributed by atoms with van der Waals surface area (Å²) in [4.78, 5) is 24.1. The number of hydrogen-bond acceptors (Lipinski definition) is 4. The summed E-state index contributed by atoms with van der Waals surface area (Å²) in [6, 6.07) is 10.9. The van der Waals surface area contributed by atoms with E-state index >= 15 is 0 Å². The molecule has 2 aromatic carbocycles. The van der Waals surface area contributed by atoms with Crippen LogP contribution in [-0.4, -0.2) is 23.1 Å². The number of amides is 1. The summed E-state index contributed by atoms with van der Waals surface area (Å²) in [7, 11) is 0. The van der Waals surface area contributed by atoms with Gasteiger partial charge in [-0.1, -0.05) is 27.5 Å². The molecule has 0 aliphatic rings. The van der Waals surface area contributed by atoms with Gasteiger partial charge in [0.1, 0.15) is 11.3 Å². The lowest BCUT2D eigenvalue weighted by Crippen LogP contribution is -2.30. The predicted octanol–water partition coefficient (Wildman–Crippen LogP) is 3.99. The number of halogens is 2. The monoisotopic (exact) mass is 397 g/mol. The largest absolute Gasteiger partial charge is 0.507 e. The Morgan fingerprint density at radius 1 is 1.22 bits per heavy atom. The highest BCUT2D eigenvalue weighted by molar-refractivity contribution is 9.10. The predicted molar refractivity (Wildman–Crippen MR) is 90.8 cm³/mol. The molecule has 0 fully saturated rings. The summed E-state index contributed by atoms with van der Waals surface area (Å²) in [5.74, 6) is -1.50. The third-order valence-corrected chi connectivity index (χ3v) is 3.69. The lowest BCUT2D eigenvalue weighted by molar-refractivity contribution is -0.123. The smallest absolute Gasteiger partial charge is 0.342 e. The number of anilines is 1. The van der Waals surface area contributed by atoms with E-state index in [-0.39, 0.29) is 11.3 Å². The average molecular weight is 399 g/mol. The zero-order valence-electron chi connectivity index (χ0n) is 12.0. The summed E-state index contributed by atoms with van der Waals surface area (Å²) < 4.78 is 5.68. The first kappa shape index (κ1) is 17.3. The SMILES string of the molecule is C[C@@H](OC(=O)c1cc(Br)ccc1O)C(=O)Nc1ccc(Cl)cc1. The molecule has 0 aliphatic carbocycles. The van der Waals surface area contributed by atoms with E-state index in [4.69, 9.17) is 16.3 Å². The number of esters is 1. The zero-order chi connectivity index (χ0) is 17.0. The van der Waals surface area contributed by atoms with Gasteiger partial charge in [0.25, 0.3) is 5.91 Å². The van der Waals surface area contributed by atoms with Gasteiger partial charge in [0.15, 0.2) is 6.10 Å². The second kappa shape index (κ2) is 7.48. The molecule has 1 atom stereocenters. The highest BCUT2D eigenvalue weighted by Crippen LogP contribution is 2.23. The molecule has 2 rings (SSSR count). The van der Waals surface area contributed by atoms with E-state index in [0.29, 0.717) is 15.2 Å². The van der Waals surface area contributed by atoms with Gasteiger partial charge in [0, 0.05) is 15.2 Å². The van der Waals surface area contributed by atoms with Crippen LogP contribution >= 0.6 is 27.5 Å². The number of rotatable bonds is 4. The van der Waals surface area contributed by atoms with E-state index in [1.54, 1.807) is 30.3 Å². The van der Waals surface area contributed by atoms with Crippen LogP contribution in [0.4, 0.5) is 5.69 Å². The van der Waals surface area contributed by atoms with Crippen LogP contribution in [0.15, 0.2) is 46.9 Å². The average Bonchev–Trinajstić information content (AvgIpc) is 2.51. The van der Waals surface area contributed by atoms with Crippen LogP contribution in [0.2, 0.25) is 5.02 Å². The lowest BCUT2D eigenvalue weighted by Gasteiger charge is -2.14. The van der Waals surface area contributed by atoms with Gasteiger partial charge in [-0.05, 0) is 49.4 Å². The number of ether oxygens (including phenoxy) is 1. The zero-order valence-corrected chi connectivity index (χ0v) is 14.4. The van der Waals surface area contributed by atoms with Crippen LogP contribution < -0.4 is 5.32 Å². The summed E-state index contributed by atoms with van der Waals surface area (Å²) in [5.41, 5.74) is 0.512. The Morgan fingerprint density at radius 2 is 1.87 bits per heavy atom. The molecule has 0 aromatic heterocycles. The first-order chi connectivity index (χ1) is 10.9. The third kappa shape index (κ3) is 4.71. The lowest BCUT2D eigenvalue weighted by atomic mass is 10.2. The topological polar surface area (TPSA) is 75.6 Å². The summed E-state index contributed by atoms with van der Waals surface area (Å²) in [6.07, 6.45) is -1.03. The summed E-state index contributed by atoms with van der Waals surface area (Å²) in [5, 5.41) is 12.8. The number of nitrogens with one attached hydrogen (secondary N) is 1. The maximum absolute atomic E-state index is 12.0. The molecule has 7 heteroatoms. The van der Waals surface area contributed by atoms with E-state index in [9.17, 15) is 14.7 Å². The Bertz CT molecular complexity index is 733. The first-order valence-electron chi connectivity index (χ1n) is 6.63. The van der Waals surface area contributed by atoms with Crippen molar-refractivity contribution in [2.75, 3.05) is 5.32 Å². The van der Waals surface area contributed by atoms with E-state index in [1.165, 1.54) is 19.1 Å². The van der Waals surface area contributed by atoms with Crippen molar-refractivity contribution in [2.24, 2.45) is 0 Å². The Hall–Kier alpha value is -2.05. The highest BCUT2D eigenvalue weighted by Gasteiger charge is 2.21. The standard InChI is InChI=1S/C16H13BrClNO4/c1-9(15(21)19-12-5-3-11(18)4-6-12)23-16(22)13-8-10(17)2-7-14(13)20/h2-9,20H,1H3,(H,19,21)/t9-/m1/s1. The van der Waals surface area contributed by atoms with E-state index < -0.39 is 18.0 Å². The first-order valence-corrected chi connectivity index (χ1v) is 7.80. The number of aromatic hydroxyl groups is 1. The molecule has 120 valence electrons. The molecule has 5 nitrogen and oxygen atoms in total. The number of benzene rings is 2. The molecule has 0 aliphatic heterocycles. The van der Waals surface area contributed by atoms with Gasteiger partial charge in [-0.25, -0.2) is 4.79 Å². The van der Waals surface area contributed by atoms with E-state index in [0.717, 1.165) is 0 Å². The van der Waals surface area contributed by atoms with Gasteiger partial charge in [-0.2, -0.15) is 0 Å². The Kier molecular flexibility index (Phi) is 5.63. The Morgan fingerprint density at radius 3 is 2.52 bits per heavy atom. The number of phenols is 1. The summed E-state index contributed by atoms with van der Waals surface area (Å²) in [6.45, 7) is 1.44. The molecule has 2 N–H and O–H groups in total. The van der Waals surface area contributed by atoms with Crippen molar-refractivity contribution in [1.82, 2.24) is 0 Å². The molecular formula is C16H13BrClNO4. The minimum Gasteiger partial charge on any atom is -0.507 e. The molecule has 0 unspecified atom stereocenters. The van der Waals surface area contributed by atoms with Crippen molar-refractivity contribution in [3.8, 4) is 5.75 Å². The summed E-state index contributed by atoms with van der Waals surface area (Å²) >= 11 is 8.97. The molecule has 2 aromatic rings. The molecule has 0 saturated heterocycles. The molecule has 0 spiro atoms. The number of carbonyl (C=O) groups is 2. The maximum Gasteiger partial charge on any atom is 0.342 e. The third-order valence-electron chi connectivity index (χ3n) is 2.94. The van der Waals surface area contributed by atoms with Gasteiger partial charge < -0.3 is 15.2 Å². The van der Waals surface area contributed by atoms with Crippen molar-refractivity contribution in [3.05, 3.63) is 57.5 Å². The fourth-order valence-electron chi connectivity index (χ4n) is 1.73. The fourth-order valence-corrected chi connectivity index (χ4v) is 2.21. The van der Waals surface area contributed by atoms with Gasteiger partial charge >= 0.3 is 5.97 Å². The molecule has 0 saturated carbocycles. The molecular weight excluding hydrogens is 386 g/mol. The van der Waals surface area contributed by atoms with Crippen LogP contribution in [0.5, 0.6) is 5.75 Å². The van der Waals surface area contributed by atoms with Crippen molar-refractivity contribution in [2.45, 2.75) is 13.0 Å². The Balaban J connectivity index is 2.01. The molecule has 23 heavy (non-hydrogen) atoms. The maximum atomic E-state index is 12.0. The van der Waals surface area contributed by atoms with Crippen molar-refractivity contribution < 1.29 is 19.4 Å². The van der Waals surface area contributed by atoms with Gasteiger partial charge in [-0.3, -0.25) is 4.79 Å². The number of hydrogen-bond donors (Lipinski definition) is 2. The van der Waals surface area contributed by atoms with Gasteiger partial charge in [-0.15, -0.1) is 0 Å². The Labute approximate surface area is 146 Å². The van der Waals surface area contributed by atoms with Gasteiger partial charge in [0.2, 0.25) is 0 Å². The van der Waals surface area contributed by atoms with Crippen LogP contribution in [-0.2, 0) is 9.53 Å². The van der Waals surface area contributed by atoms with Crippen LogP contribution in [0.25, 0.3) is 0 Å². The number of carbonyl (C=O) groups excluding carboxylic acids is 2. The normalized spacial score (nSPS) is 11.6. The molecule has 0 radical (unpaired) electrons. The van der Waals surface area contributed by atoms with Crippen LogP contribution in [0.1, 0.15) is 17.3 Å². The van der Waals surface area contributed by atoms with Crippen molar-refractivity contribution >= 4 is 45.1 Å². The van der Waals surface area contributed by atoms with Crippen molar-refractivity contribution in [3.63, 3.8) is 0 Å². The number of phenolic OH excluding ortho intramolecular Hbond substituents is 1. The minimum absolute atomic E-state index is 0.0227.